The molecule has 0 saturated heterocycles. The highest BCUT2D eigenvalue weighted by Gasteiger charge is 2.23. The molecule has 2 rings (SSSR count). The summed E-state index contributed by atoms with van der Waals surface area (Å²) in [6.07, 6.45) is 1.66. The molecule has 0 radical (unpaired) electrons. The van der Waals surface area contributed by atoms with Gasteiger partial charge in [0, 0.05) is 19.8 Å². The third-order valence-electron chi connectivity index (χ3n) is 2.79. The molecule has 0 spiro atoms. The van der Waals surface area contributed by atoms with Crippen LogP contribution in [-0.4, -0.2) is 31.8 Å². The maximum atomic E-state index is 12.4. The van der Waals surface area contributed by atoms with Gasteiger partial charge in [-0.3, -0.25) is 4.98 Å². The van der Waals surface area contributed by atoms with Gasteiger partial charge in [0.1, 0.15) is 4.21 Å². The number of thiophene rings is 1. The highest BCUT2D eigenvalue weighted by atomic mass is 32.2. The highest BCUT2D eigenvalue weighted by Crippen LogP contribution is 2.24. The van der Waals surface area contributed by atoms with Gasteiger partial charge in [-0.1, -0.05) is 6.07 Å². The van der Waals surface area contributed by atoms with Gasteiger partial charge in [0.05, 0.1) is 12.2 Å². The van der Waals surface area contributed by atoms with Crippen LogP contribution >= 0.6 is 11.3 Å². The van der Waals surface area contributed by atoms with Crippen molar-refractivity contribution in [2.75, 3.05) is 14.1 Å². The Balaban J connectivity index is 2.16. The Kier molecular flexibility index (Phi) is 4.87. The maximum absolute atomic E-state index is 12.4. The Morgan fingerprint density at radius 3 is 2.85 bits per heavy atom. The van der Waals surface area contributed by atoms with Gasteiger partial charge in [-0.05, 0) is 36.2 Å². The number of nitrogens with one attached hydrogen (secondary N) is 1. The zero-order valence-electron chi connectivity index (χ0n) is 11.4. The molecule has 2 aromatic heterocycles. The van der Waals surface area contributed by atoms with Gasteiger partial charge >= 0.3 is 0 Å². The SMILES string of the molecule is CNCc1csc(S(=O)(=O)N(C)Cc2ccccn2)c1. The Hall–Kier alpha value is -1.28. The summed E-state index contributed by atoms with van der Waals surface area (Å²) >= 11 is 1.25. The zero-order chi connectivity index (χ0) is 14.6. The fraction of sp³-hybridized carbons (Fsp3) is 0.308. The number of hydrogen-bond donors (Lipinski definition) is 1. The predicted molar refractivity (Wildman–Crippen MR) is 80.0 cm³/mol. The van der Waals surface area contributed by atoms with Gasteiger partial charge in [-0.15, -0.1) is 11.3 Å². The van der Waals surface area contributed by atoms with Crippen molar-refractivity contribution in [2.24, 2.45) is 0 Å². The van der Waals surface area contributed by atoms with E-state index in [2.05, 4.69) is 10.3 Å². The molecule has 0 bridgehead atoms. The molecule has 5 nitrogen and oxygen atoms in total. The molecule has 2 aromatic rings. The summed E-state index contributed by atoms with van der Waals surface area (Å²) in [6.45, 7) is 0.929. The fourth-order valence-corrected chi connectivity index (χ4v) is 4.30. The summed E-state index contributed by atoms with van der Waals surface area (Å²) < 4.78 is 26.6. The molecule has 20 heavy (non-hydrogen) atoms. The first-order chi connectivity index (χ1) is 9.54. The summed E-state index contributed by atoms with van der Waals surface area (Å²) in [5.41, 5.74) is 1.70. The number of nitrogens with zero attached hydrogens (tertiary/aromatic N) is 2. The number of pyridine rings is 1. The first-order valence-corrected chi connectivity index (χ1v) is 8.44. The van der Waals surface area contributed by atoms with Crippen LogP contribution in [0, 0.1) is 0 Å². The molecule has 0 amide bonds. The minimum atomic E-state index is -3.45. The minimum absolute atomic E-state index is 0.266. The number of aromatic nitrogens is 1. The molecular formula is C13H17N3O2S2. The Labute approximate surface area is 123 Å². The summed E-state index contributed by atoms with van der Waals surface area (Å²) in [5.74, 6) is 0. The molecule has 0 saturated carbocycles. The minimum Gasteiger partial charge on any atom is -0.316 e. The lowest BCUT2D eigenvalue weighted by molar-refractivity contribution is 0.464. The second-order valence-electron chi connectivity index (χ2n) is 4.39. The Morgan fingerprint density at radius 2 is 2.20 bits per heavy atom. The van der Waals surface area contributed by atoms with E-state index in [9.17, 15) is 8.42 Å². The van der Waals surface area contributed by atoms with E-state index in [1.165, 1.54) is 15.6 Å². The van der Waals surface area contributed by atoms with E-state index in [1.54, 1.807) is 25.4 Å². The van der Waals surface area contributed by atoms with Crippen LogP contribution < -0.4 is 5.32 Å². The van der Waals surface area contributed by atoms with Crippen molar-refractivity contribution in [3.05, 3.63) is 47.1 Å². The maximum Gasteiger partial charge on any atom is 0.252 e. The molecule has 0 atom stereocenters. The molecule has 2 heterocycles. The van der Waals surface area contributed by atoms with E-state index >= 15 is 0 Å². The lowest BCUT2D eigenvalue weighted by Gasteiger charge is -2.15. The van der Waals surface area contributed by atoms with Gasteiger partial charge < -0.3 is 5.32 Å². The van der Waals surface area contributed by atoms with Crippen molar-refractivity contribution in [3.63, 3.8) is 0 Å². The third-order valence-corrected chi connectivity index (χ3v) is 6.05. The van der Waals surface area contributed by atoms with E-state index in [0.29, 0.717) is 10.8 Å². The van der Waals surface area contributed by atoms with E-state index in [-0.39, 0.29) is 6.54 Å². The second-order valence-corrected chi connectivity index (χ2v) is 7.57. The van der Waals surface area contributed by atoms with Gasteiger partial charge in [-0.25, -0.2) is 8.42 Å². The van der Waals surface area contributed by atoms with Crippen LogP contribution in [0.3, 0.4) is 0 Å². The van der Waals surface area contributed by atoms with E-state index in [0.717, 1.165) is 11.3 Å². The first kappa shape index (κ1) is 15.1. The van der Waals surface area contributed by atoms with Crippen molar-refractivity contribution in [1.29, 1.82) is 0 Å². The molecule has 0 aromatic carbocycles. The average molecular weight is 311 g/mol. The number of sulfonamides is 1. The Bertz CT molecular complexity index is 653. The summed E-state index contributed by atoms with van der Waals surface area (Å²) in [5, 5.41) is 4.87. The summed E-state index contributed by atoms with van der Waals surface area (Å²) in [4.78, 5) is 4.15. The van der Waals surface area contributed by atoms with Crippen molar-refractivity contribution in [3.8, 4) is 0 Å². The lowest BCUT2D eigenvalue weighted by Crippen LogP contribution is -2.26. The quantitative estimate of drug-likeness (QED) is 0.882. The standard InChI is InChI=1S/C13H17N3O2S2/c1-14-8-11-7-13(19-10-11)20(17,18)16(2)9-12-5-3-4-6-15-12/h3-7,10,14H,8-9H2,1-2H3. The van der Waals surface area contributed by atoms with Crippen LogP contribution in [0.15, 0.2) is 40.1 Å². The molecule has 108 valence electrons. The molecule has 0 aliphatic rings. The van der Waals surface area contributed by atoms with Crippen molar-refractivity contribution >= 4 is 21.4 Å². The highest BCUT2D eigenvalue weighted by molar-refractivity contribution is 7.91. The van der Waals surface area contributed by atoms with Crippen LogP contribution in [0.25, 0.3) is 0 Å². The van der Waals surface area contributed by atoms with Crippen molar-refractivity contribution in [2.45, 2.75) is 17.3 Å². The average Bonchev–Trinajstić information content (AvgIpc) is 2.89. The largest absolute Gasteiger partial charge is 0.316 e. The molecule has 1 N–H and O–H groups in total. The van der Waals surface area contributed by atoms with Gasteiger partial charge in [0.15, 0.2) is 0 Å². The fourth-order valence-electron chi connectivity index (χ4n) is 1.74. The van der Waals surface area contributed by atoms with Crippen LogP contribution in [-0.2, 0) is 23.1 Å². The number of rotatable bonds is 6. The summed E-state index contributed by atoms with van der Waals surface area (Å²) in [6, 6.07) is 7.18. The molecule has 0 unspecified atom stereocenters. The van der Waals surface area contributed by atoms with E-state index < -0.39 is 10.0 Å². The van der Waals surface area contributed by atoms with Gasteiger partial charge in [0.25, 0.3) is 10.0 Å². The van der Waals surface area contributed by atoms with Crippen LogP contribution in [0.1, 0.15) is 11.3 Å². The lowest BCUT2D eigenvalue weighted by atomic mass is 10.3. The third kappa shape index (κ3) is 3.43. The summed E-state index contributed by atoms with van der Waals surface area (Å²) in [7, 11) is -0.0473. The van der Waals surface area contributed by atoms with Crippen LogP contribution in [0.5, 0.6) is 0 Å². The van der Waals surface area contributed by atoms with E-state index in [1.807, 2.05) is 24.6 Å². The van der Waals surface area contributed by atoms with Gasteiger partial charge in [-0.2, -0.15) is 4.31 Å². The second kappa shape index (κ2) is 6.45. The topological polar surface area (TPSA) is 62.3 Å². The zero-order valence-corrected chi connectivity index (χ0v) is 13.0. The monoisotopic (exact) mass is 311 g/mol. The van der Waals surface area contributed by atoms with Crippen LogP contribution in [0.2, 0.25) is 0 Å². The molecular weight excluding hydrogens is 294 g/mol. The molecule has 0 fully saturated rings. The molecule has 0 aliphatic carbocycles. The number of hydrogen-bond acceptors (Lipinski definition) is 5. The predicted octanol–water partition coefficient (Wildman–Crippen LogP) is 1.68. The van der Waals surface area contributed by atoms with E-state index in [4.69, 9.17) is 0 Å². The van der Waals surface area contributed by atoms with Crippen molar-refractivity contribution < 1.29 is 8.42 Å². The molecule has 7 heteroatoms. The normalized spacial score (nSPS) is 11.9. The molecule has 0 aliphatic heterocycles. The van der Waals surface area contributed by atoms with Crippen LogP contribution in [0.4, 0.5) is 0 Å². The van der Waals surface area contributed by atoms with Crippen molar-refractivity contribution in [1.82, 2.24) is 14.6 Å². The first-order valence-electron chi connectivity index (χ1n) is 6.12. The Morgan fingerprint density at radius 1 is 1.40 bits per heavy atom. The smallest absolute Gasteiger partial charge is 0.252 e. The van der Waals surface area contributed by atoms with Gasteiger partial charge in [0.2, 0.25) is 0 Å².